The second-order valence-electron chi connectivity index (χ2n) is 4.77. The molecule has 0 aromatic heterocycles. The normalized spacial score (nSPS) is 15.0. The summed E-state index contributed by atoms with van der Waals surface area (Å²) in [6.07, 6.45) is 0. The lowest BCUT2D eigenvalue weighted by molar-refractivity contribution is -0.385. The number of amides is 1. The maximum Gasteiger partial charge on any atom is 0.282 e. The summed E-state index contributed by atoms with van der Waals surface area (Å²) in [7, 11) is 0. The first-order chi connectivity index (χ1) is 10.1. The number of nitro groups is 1. The zero-order valence-electron chi connectivity index (χ0n) is 11.9. The lowest BCUT2D eigenvalue weighted by Crippen LogP contribution is -2.46. The van der Waals surface area contributed by atoms with Gasteiger partial charge in [-0.25, -0.2) is 4.39 Å². The van der Waals surface area contributed by atoms with Crippen molar-refractivity contribution in [2.45, 2.75) is 0 Å². The molecule has 2 N–H and O–H groups in total. The third kappa shape index (κ3) is 4.90. The van der Waals surface area contributed by atoms with Crippen molar-refractivity contribution in [1.29, 1.82) is 0 Å². The van der Waals surface area contributed by atoms with E-state index in [0.717, 1.165) is 44.4 Å². The van der Waals surface area contributed by atoms with Crippen molar-refractivity contribution in [3.63, 3.8) is 0 Å². The van der Waals surface area contributed by atoms with Gasteiger partial charge in [0.2, 0.25) is 0 Å². The molecule has 0 unspecified atom stereocenters. The van der Waals surface area contributed by atoms with Gasteiger partial charge in [0.15, 0.2) is 0 Å². The minimum Gasteiger partial charge on any atom is -0.351 e. The number of rotatable bonds is 5. The highest BCUT2D eigenvalue weighted by Crippen LogP contribution is 2.19. The summed E-state index contributed by atoms with van der Waals surface area (Å²) in [5, 5.41) is 16.7. The topological polar surface area (TPSA) is 87.5 Å². The Morgan fingerprint density at radius 3 is 2.73 bits per heavy atom. The molecule has 1 aliphatic rings. The van der Waals surface area contributed by atoms with E-state index in [1.165, 1.54) is 0 Å². The molecule has 1 aromatic carbocycles. The number of carbonyl (C=O) groups is 1. The first-order valence-electron chi connectivity index (χ1n) is 6.73. The molecular formula is C13H18ClFN4O3. The Kier molecular flexibility index (Phi) is 7.16. The first kappa shape index (κ1) is 18.3. The number of piperazine rings is 1. The summed E-state index contributed by atoms with van der Waals surface area (Å²) < 4.78 is 13.2. The molecule has 7 nitrogen and oxygen atoms in total. The quantitative estimate of drug-likeness (QED) is 0.615. The van der Waals surface area contributed by atoms with Gasteiger partial charge in [0.05, 0.1) is 4.92 Å². The average molecular weight is 333 g/mol. The van der Waals surface area contributed by atoms with E-state index in [1.54, 1.807) is 0 Å². The average Bonchev–Trinajstić information content (AvgIpc) is 2.47. The summed E-state index contributed by atoms with van der Waals surface area (Å²) >= 11 is 0. The van der Waals surface area contributed by atoms with Crippen LogP contribution in [0, 0.1) is 15.9 Å². The number of nitrogens with zero attached hydrogens (tertiary/aromatic N) is 2. The van der Waals surface area contributed by atoms with Crippen LogP contribution in [0.25, 0.3) is 0 Å². The summed E-state index contributed by atoms with van der Waals surface area (Å²) in [6, 6.07) is 2.86. The van der Waals surface area contributed by atoms with Gasteiger partial charge < -0.3 is 10.6 Å². The number of nitrogens with one attached hydrogen (secondary N) is 2. The summed E-state index contributed by atoms with van der Waals surface area (Å²) in [4.78, 5) is 24.3. The highest BCUT2D eigenvalue weighted by atomic mass is 35.5. The highest BCUT2D eigenvalue weighted by molar-refractivity contribution is 5.98. The van der Waals surface area contributed by atoms with E-state index in [-0.39, 0.29) is 18.0 Å². The SMILES string of the molecule is Cl.O=C(NCCN1CCNCC1)c1cc(F)ccc1[N+](=O)[O-]. The number of benzene rings is 1. The molecule has 1 heterocycles. The standard InChI is InChI=1S/C13H17FN4O3.ClH/c14-10-1-2-12(18(20)21)11(9-10)13(19)16-5-8-17-6-3-15-4-7-17;/h1-2,9,15H,3-8H2,(H,16,19);1H. The Hall–Kier alpha value is -1.77. The van der Waals surface area contributed by atoms with E-state index >= 15 is 0 Å². The maximum absolute atomic E-state index is 13.2. The zero-order chi connectivity index (χ0) is 15.2. The first-order valence-corrected chi connectivity index (χ1v) is 6.73. The van der Waals surface area contributed by atoms with Crippen LogP contribution >= 0.6 is 12.4 Å². The van der Waals surface area contributed by atoms with Gasteiger partial charge >= 0.3 is 0 Å². The summed E-state index contributed by atoms with van der Waals surface area (Å²) in [5.74, 6) is -1.30. The largest absolute Gasteiger partial charge is 0.351 e. The molecule has 1 aliphatic heterocycles. The minimum atomic E-state index is -0.690. The Morgan fingerprint density at radius 2 is 2.09 bits per heavy atom. The predicted molar refractivity (Wildman–Crippen MR) is 81.9 cm³/mol. The van der Waals surface area contributed by atoms with Crippen molar-refractivity contribution in [3.8, 4) is 0 Å². The molecule has 1 aromatic rings. The van der Waals surface area contributed by atoms with Crippen LogP contribution in [0.3, 0.4) is 0 Å². The van der Waals surface area contributed by atoms with Crippen LogP contribution < -0.4 is 10.6 Å². The van der Waals surface area contributed by atoms with Gasteiger partial charge in [-0.15, -0.1) is 12.4 Å². The van der Waals surface area contributed by atoms with Crippen LogP contribution in [-0.4, -0.2) is 55.0 Å². The smallest absolute Gasteiger partial charge is 0.282 e. The van der Waals surface area contributed by atoms with E-state index in [2.05, 4.69) is 15.5 Å². The highest BCUT2D eigenvalue weighted by Gasteiger charge is 2.20. The molecule has 0 aliphatic carbocycles. The summed E-state index contributed by atoms with van der Waals surface area (Å²) in [5.41, 5.74) is -0.642. The van der Waals surface area contributed by atoms with Crippen LogP contribution in [0.2, 0.25) is 0 Å². The van der Waals surface area contributed by atoms with Crippen LogP contribution in [-0.2, 0) is 0 Å². The fourth-order valence-electron chi connectivity index (χ4n) is 2.21. The van der Waals surface area contributed by atoms with Crippen LogP contribution in [0.1, 0.15) is 10.4 Å². The van der Waals surface area contributed by atoms with Gasteiger partial charge in [-0.3, -0.25) is 19.8 Å². The molecule has 9 heteroatoms. The number of hydrogen-bond donors (Lipinski definition) is 2. The molecule has 0 atom stereocenters. The fraction of sp³-hybridized carbons (Fsp3) is 0.462. The van der Waals surface area contributed by atoms with Crippen molar-refractivity contribution >= 4 is 24.0 Å². The van der Waals surface area contributed by atoms with Crippen LogP contribution in [0.15, 0.2) is 18.2 Å². The third-order valence-electron chi connectivity index (χ3n) is 3.32. The molecule has 1 saturated heterocycles. The lowest BCUT2D eigenvalue weighted by Gasteiger charge is -2.27. The van der Waals surface area contributed by atoms with E-state index in [1.807, 2.05) is 0 Å². The van der Waals surface area contributed by atoms with E-state index in [9.17, 15) is 19.3 Å². The van der Waals surface area contributed by atoms with E-state index in [0.29, 0.717) is 13.1 Å². The molecule has 1 fully saturated rings. The maximum atomic E-state index is 13.2. The molecular weight excluding hydrogens is 315 g/mol. The minimum absolute atomic E-state index is 0. The Morgan fingerprint density at radius 1 is 1.41 bits per heavy atom. The van der Waals surface area contributed by atoms with Gasteiger partial charge in [0.25, 0.3) is 11.6 Å². The fourth-order valence-corrected chi connectivity index (χ4v) is 2.21. The third-order valence-corrected chi connectivity index (χ3v) is 3.32. The number of halogens is 2. The molecule has 22 heavy (non-hydrogen) atoms. The number of hydrogen-bond acceptors (Lipinski definition) is 5. The lowest BCUT2D eigenvalue weighted by atomic mass is 10.1. The Balaban J connectivity index is 0.00000242. The molecule has 0 bridgehead atoms. The second kappa shape index (κ2) is 8.62. The molecule has 122 valence electrons. The van der Waals surface area contributed by atoms with Gasteiger partial charge in [0, 0.05) is 45.3 Å². The van der Waals surface area contributed by atoms with Gasteiger partial charge in [0.1, 0.15) is 11.4 Å². The van der Waals surface area contributed by atoms with E-state index < -0.39 is 22.3 Å². The Labute approximate surface area is 133 Å². The zero-order valence-corrected chi connectivity index (χ0v) is 12.7. The molecule has 0 spiro atoms. The summed E-state index contributed by atoms with van der Waals surface area (Å²) in [6.45, 7) is 4.64. The van der Waals surface area contributed by atoms with Crippen LogP contribution in [0.4, 0.5) is 10.1 Å². The van der Waals surface area contributed by atoms with Gasteiger partial charge in [-0.05, 0) is 12.1 Å². The van der Waals surface area contributed by atoms with Crippen molar-refractivity contribution < 1.29 is 14.1 Å². The van der Waals surface area contributed by atoms with Crippen molar-refractivity contribution in [1.82, 2.24) is 15.5 Å². The predicted octanol–water partition coefficient (Wildman–Crippen LogP) is 0.791. The van der Waals surface area contributed by atoms with E-state index in [4.69, 9.17) is 0 Å². The molecule has 0 saturated carbocycles. The van der Waals surface area contributed by atoms with Crippen molar-refractivity contribution in [2.75, 3.05) is 39.3 Å². The number of nitro benzene ring substituents is 1. The monoisotopic (exact) mass is 332 g/mol. The van der Waals surface area contributed by atoms with Crippen LogP contribution in [0.5, 0.6) is 0 Å². The number of carbonyl (C=O) groups excluding carboxylic acids is 1. The van der Waals surface area contributed by atoms with Gasteiger partial charge in [-0.2, -0.15) is 0 Å². The Bertz CT molecular complexity index is 538. The van der Waals surface area contributed by atoms with Gasteiger partial charge in [-0.1, -0.05) is 0 Å². The van der Waals surface area contributed by atoms with Crippen molar-refractivity contribution in [3.05, 3.63) is 39.7 Å². The molecule has 1 amide bonds. The second-order valence-corrected chi connectivity index (χ2v) is 4.77. The molecule has 0 radical (unpaired) electrons. The van der Waals surface area contributed by atoms with Crippen molar-refractivity contribution in [2.24, 2.45) is 0 Å². The molecule has 2 rings (SSSR count).